The molecule has 29 heavy (non-hydrogen) atoms. The van der Waals surface area contributed by atoms with Gasteiger partial charge in [0.05, 0.1) is 12.6 Å². The highest BCUT2D eigenvalue weighted by Gasteiger charge is 2.33. The van der Waals surface area contributed by atoms with E-state index in [4.69, 9.17) is 4.74 Å². The number of benzene rings is 1. The summed E-state index contributed by atoms with van der Waals surface area (Å²) in [4.78, 5) is 19.5. The summed E-state index contributed by atoms with van der Waals surface area (Å²) < 4.78 is 6.13. The number of rotatable bonds is 6. The van der Waals surface area contributed by atoms with E-state index in [9.17, 15) is 9.90 Å². The Morgan fingerprint density at radius 1 is 1.31 bits per heavy atom. The van der Waals surface area contributed by atoms with Gasteiger partial charge in [-0.2, -0.15) is 0 Å². The molecule has 1 aromatic carbocycles. The normalized spacial score (nSPS) is 20.7. The lowest BCUT2D eigenvalue weighted by Crippen LogP contribution is -2.49. The Morgan fingerprint density at radius 2 is 2.03 bits per heavy atom. The molecule has 154 valence electrons. The molecule has 0 saturated carbocycles. The van der Waals surface area contributed by atoms with Crippen LogP contribution in [0.15, 0.2) is 42.6 Å². The zero-order valence-corrected chi connectivity index (χ0v) is 17.2. The van der Waals surface area contributed by atoms with Gasteiger partial charge in [-0.15, -0.1) is 0 Å². The molecule has 0 spiro atoms. The lowest BCUT2D eigenvalue weighted by molar-refractivity contribution is 0.0404. The Morgan fingerprint density at radius 3 is 2.72 bits per heavy atom. The third kappa shape index (κ3) is 5.02. The second-order valence-electron chi connectivity index (χ2n) is 7.55. The largest absolute Gasteiger partial charge is 0.472 e. The Hall–Kier alpha value is -2.70. The highest BCUT2D eigenvalue weighted by molar-refractivity contribution is 5.97. The van der Waals surface area contributed by atoms with Crippen molar-refractivity contribution in [1.82, 2.24) is 15.2 Å². The second kappa shape index (κ2) is 9.67. The second-order valence-corrected chi connectivity index (χ2v) is 7.55. The predicted octanol–water partition coefficient (Wildman–Crippen LogP) is 2.69. The van der Waals surface area contributed by atoms with E-state index in [0.29, 0.717) is 24.5 Å². The number of aromatic nitrogens is 1. The first-order chi connectivity index (χ1) is 14.0. The molecule has 6 heteroatoms. The van der Waals surface area contributed by atoms with Gasteiger partial charge in [0, 0.05) is 25.2 Å². The van der Waals surface area contributed by atoms with Crippen molar-refractivity contribution in [2.45, 2.75) is 26.0 Å². The number of carbonyl (C=O) groups excluding carboxylic acids is 1. The summed E-state index contributed by atoms with van der Waals surface area (Å²) in [6, 6.07) is 11.5. The molecule has 2 heterocycles. The van der Waals surface area contributed by atoms with E-state index in [1.54, 1.807) is 11.1 Å². The zero-order valence-electron chi connectivity index (χ0n) is 17.2. The van der Waals surface area contributed by atoms with Gasteiger partial charge in [0.2, 0.25) is 5.88 Å². The number of nitrogens with zero attached hydrogens (tertiary/aromatic N) is 2. The number of ether oxygens (including phenoxy) is 1. The number of aliphatic hydroxyl groups is 1. The first kappa shape index (κ1) is 21.0. The van der Waals surface area contributed by atoms with E-state index in [-0.39, 0.29) is 30.6 Å². The van der Waals surface area contributed by atoms with E-state index in [1.807, 2.05) is 69.4 Å². The number of hydrogen-bond donors (Lipinski definition) is 2. The summed E-state index contributed by atoms with van der Waals surface area (Å²) in [5, 5.41) is 12.8. The van der Waals surface area contributed by atoms with Gasteiger partial charge in [-0.3, -0.25) is 4.79 Å². The maximum atomic E-state index is 13.3. The predicted molar refractivity (Wildman–Crippen MR) is 115 cm³/mol. The molecule has 1 amide bonds. The Kier molecular flexibility index (Phi) is 7.01. The van der Waals surface area contributed by atoms with Gasteiger partial charge in [0.25, 0.3) is 5.91 Å². The van der Waals surface area contributed by atoms with Crippen molar-refractivity contribution in [3.8, 4) is 5.88 Å². The van der Waals surface area contributed by atoms with E-state index in [2.05, 4.69) is 10.3 Å². The molecule has 0 fully saturated rings. The molecule has 2 aromatic rings. The Labute approximate surface area is 172 Å². The molecular weight excluding hydrogens is 366 g/mol. The van der Waals surface area contributed by atoms with Crippen LogP contribution in [0.2, 0.25) is 0 Å². The first-order valence-corrected chi connectivity index (χ1v) is 9.99. The van der Waals surface area contributed by atoms with Gasteiger partial charge in [-0.25, -0.2) is 4.98 Å². The van der Waals surface area contributed by atoms with Crippen molar-refractivity contribution >= 4 is 18.1 Å². The average Bonchev–Trinajstić information content (AvgIpc) is 2.75. The molecule has 1 aliphatic rings. The Bertz CT molecular complexity index is 854. The summed E-state index contributed by atoms with van der Waals surface area (Å²) in [5.41, 5.74) is 2.31. The molecule has 0 saturated heterocycles. The fraction of sp³-hybridized carbons (Fsp3) is 0.391. The highest BCUT2D eigenvalue weighted by Crippen LogP contribution is 2.27. The number of fused-ring (bicyclic) bond motifs is 1. The molecule has 1 aliphatic heterocycles. The number of pyridine rings is 1. The van der Waals surface area contributed by atoms with Gasteiger partial charge < -0.3 is 20.1 Å². The molecule has 0 aliphatic carbocycles. The van der Waals surface area contributed by atoms with E-state index in [0.717, 1.165) is 11.1 Å². The molecule has 6 nitrogen and oxygen atoms in total. The Balaban J connectivity index is 1.97. The number of carbonyl (C=O) groups is 1. The summed E-state index contributed by atoms with van der Waals surface area (Å²) >= 11 is 0. The molecule has 0 radical (unpaired) electrons. The van der Waals surface area contributed by atoms with Crippen LogP contribution in [0.1, 0.15) is 35.3 Å². The molecule has 0 bridgehead atoms. The maximum Gasteiger partial charge on any atom is 0.259 e. The monoisotopic (exact) mass is 395 g/mol. The first-order valence-electron chi connectivity index (χ1n) is 9.99. The van der Waals surface area contributed by atoms with E-state index < -0.39 is 0 Å². The molecule has 0 unspecified atom stereocenters. The lowest BCUT2D eigenvalue weighted by Gasteiger charge is -2.36. The molecule has 3 atom stereocenters. The van der Waals surface area contributed by atoms with E-state index in [1.165, 1.54) is 0 Å². The van der Waals surface area contributed by atoms with Gasteiger partial charge in [-0.05, 0) is 31.2 Å². The molecular formula is C23H29N3O3. The van der Waals surface area contributed by atoms with E-state index >= 15 is 0 Å². The average molecular weight is 396 g/mol. The van der Waals surface area contributed by atoms with Crippen LogP contribution in [0.25, 0.3) is 12.2 Å². The number of hydrogen-bond acceptors (Lipinski definition) is 5. The minimum absolute atomic E-state index is 0.0907. The molecule has 3 rings (SSSR count). The molecule has 1 aromatic heterocycles. The van der Waals surface area contributed by atoms with Gasteiger partial charge >= 0.3 is 0 Å². The van der Waals surface area contributed by atoms with Gasteiger partial charge in [-0.1, -0.05) is 49.4 Å². The van der Waals surface area contributed by atoms with Gasteiger partial charge in [0.1, 0.15) is 11.7 Å². The summed E-state index contributed by atoms with van der Waals surface area (Å²) in [6.45, 7) is 4.97. The maximum absolute atomic E-state index is 13.3. The van der Waals surface area contributed by atoms with Crippen LogP contribution < -0.4 is 10.1 Å². The van der Waals surface area contributed by atoms with Crippen LogP contribution in [0.3, 0.4) is 0 Å². The van der Waals surface area contributed by atoms with Crippen molar-refractivity contribution in [2.75, 3.05) is 26.7 Å². The number of nitrogens with one attached hydrogen (secondary N) is 1. The van der Waals surface area contributed by atoms with Crippen LogP contribution in [0.4, 0.5) is 0 Å². The fourth-order valence-corrected chi connectivity index (χ4v) is 3.41. The quantitative estimate of drug-likeness (QED) is 0.787. The van der Waals surface area contributed by atoms with Crippen LogP contribution in [0, 0.1) is 5.92 Å². The van der Waals surface area contributed by atoms with Crippen molar-refractivity contribution in [3.63, 3.8) is 0 Å². The van der Waals surface area contributed by atoms with Crippen LogP contribution >= 0.6 is 0 Å². The fourth-order valence-electron chi connectivity index (χ4n) is 3.41. The molecule has 2 N–H and O–H groups in total. The third-order valence-corrected chi connectivity index (χ3v) is 5.22. The van der Waals surface area contributed by atoms with Gasteiger partial charge in [0.15, 0.2) is 0 Å². The highest BCUT2D eigenvalue weighted by atomic mass is 16.5. The summed E-state index contributed by atoms with van der Waals surface area (Å²) in [7, 11) is 1.87. The zero-order chi connectivity index (χ0) is 20.8. The van der Waals surface area contributed by atoms with Crippen LogP contribution in [-0.4, -0.2) is 59.8 Å². The number of aliphatic hydroxyl groups excluding tert-OH is 1. The summed E-state index contributed by atoms with van der Waals surface area (Å²) in [5.74, 6) is 0.264. The summed E-state index contributed by atoms with van der Waals surface area (Å²) in [6.07, 6.45) is 5.51. The van der Waals surface area contributed by atoms with Crippen molar-refractivity contribution in [1.29, 1.82) is 0 Å². The van der Waals surface area contributed by atoms with Crippen LogP contribution in [-0.2, 0) is 0 Å². The number of likely N-dealkylation sites (N-methyl/N-ethyl adjacent to an activating group) is 1. The van der Waals surface area contributed by atoms with Crippen molar-refractivity contribution < 1.29 is 14.6 Å². The topological polar surface area (TPSA) is 74.7 Å². The minimum Gasteiger partial charge on any atom is -0.472 e. The van der Waals surface area contributed by atoms with Crippen LogP contribution in [0.5, 0.6) is 5.88 Å². The van der Waals surface area contributed by atoms with Crippen molar-refractivity contribution in [3.05, 3.63) is 59.3 Å². The third-order valence-electron chi connectivity index (χ3n) is 5.22. The minimum atomic E-state index is -0.283. The lowest BCUT2D eigenvalue weighted by atomic mass is 10.00. The SMILES string of the molecule is CNC[C@@H]1Oc2ncc(/C=C/c3ccccc3)cc2C(=O)N([C@H](C)CO)C[C@@H]1C. The van der Waals surface area contributed by atoms with Crippen molar-refractivity contribution in [2.24, 2.45) is 5.92 Å². The smallest absolute Gasteiger partial charge is 0.259 e. The number of amides is 1. The standard InChI is InChI=1S/C23H29N3O3/c1-16-14-26(17(2)15-27)23(28)20-11-19(10-9-18-7-5-4-6-8-18)12-25-22(20)29-21(16)13-24-3/h4-12,16-17,21,24,27H,13-15H2,1-3H3/b10-9+/t16-,17+,21-/m0/s1.